The van der Waals surface area contributed by atoms with Crippen LogP contribution in [-0.4, -0.2) is 62.5 Å². The van der Waals surface area contributed by atoms with Gasteiger partial charge in [0.25, 0.3) is 0 Å². The van der Waals surface area contributed by atoms with E-state index in [1.165, 1.54) is 0 Å². The van der Waals surface area contributed by atoms with Crippen LogP contribution in [0.4, 0.5) is 0 Å². The van der Waals surface area contributed by atoms with Gasteiger partial charge in [0.1, 0.15) is 0 Å². The predicted molar refractivity (Wildman–Crippen MR) is 70.5 cm³/mol. The fraction of sp³-hybridized carbons (Fsp3) is 0.923. The van der Waals surface area contributed by atoms with Crippen molar-refractivity contribution >= 4 is 5.97 Å². The number of aliphatic hydroxyl groups is 1. The summed E-state index contributed by atoms with van der Waals surface area (Å²) in [5.74, 6) is -0.107. The summed E-state index contributed by atoms with van der Waals surface area (Å²) in [6.07, 6.45) is 3.42. The Labute approximate surface area is 110 Å². The van der Waals surface area contributed by atoms with Crippen LogP contribution < -0.4 is 0 Å². The van der Waals surface area contributed by atoms with Crippen LogP contribution in [0.5, 0.6) is 0 Å². The summed E-state index contributed by atoms with van der Waals surface area (Å²) in [4.78, 5) is 13.3. The molecule has 1 N–H and O–H groups in total. The summed E-state index contributed by atoms with van der Waals surface area (Å²) < 4.78 is 9.88. The third-order valence-corrected chi connectivity index (χ3v) is 2.69. The SMILES string of the molecule is CCOC(=O)CCCCCN(CCO)CCOC. The topological polar surface area (TPSA) is 59.0 Å². The Kier molecular flexibility index (Phi) is 12.3. The molecule has 18 heavy (non-hydrogen) atoms. The number of carbonyl (C=O) groups excluding carboxylic acids is 1. The van der Waals surface area contributed by atoms with E-state index in [9.17, 15) is 4.79 Å². The average Bonchev–Trinajstić information content (AvgIpc) is 2.35. The third-order valence-electron chi connectivity index (χ3n) is 2.69. The number of ether oxygens (including phenoxy) is 2. The molecule has 5 heteroatoms. The molecular formula is C13H27NO4. The minimum absolute atomic E-state index is 0.107. The van der Waals surface area contributed by atoms with Gasteiger partial charge in [-0.25, -0.2) is 0 Å². The number of hydrogen-bond donors (Lipinski definition) is 1. The van der Waals surface area contributed by atoms with E-state index in [0.29, 0.717) is 26.2 Å². The van der Waals surface area contributed by atoms with Crippen molar-refractivity contribution in [3.8, 4) is 0 Å². The second kappa shape index (κ2) is 12.8. The van der Waals surface area contributed by atoms with Gasteiger partial charge in [0.2, 0.25) is 0 Å². The number of hydrogen-bond acceptors (Lipinski definition) is 5. The monoisotopic (exact) mass is 261 g/mol. The minimum atomic E-state index is -0.107. The van der Waals surface area contributed by atoms with E-state index in [1.54, 1.807) is 7.11 Å². The van der Waals surface area contributed by atoms with Gasteiger partial charge in [0.15, 0.2) is 0 Å². The van der Waals surface area contributed by atoms with E-state index in [2.05, 4.69) is 4.90 Å². The number of unbranched alkanes of at least 4 members (excludes halogenated alkanes) is 2. The molecule has 0 aromatic rings. The lowest BCUT2D eigenvalue weighted by molar-refractivity contribution is -0.143. The highest BCUT2D eigenvalue weighted by Crippen LogP contribution is 2.03. The number of nitrogens with zero attached hydrogens (tertiary/aromatic N) is 1. The lowest BCUT2D eigenvalue weighted by Crippen LogP contribution is -2.31. The summed E-state index contributed by atoms with van der Waals surface area (Å²) >= 11 is 0. The van der Waals surface area contributed by atoms with Crippen molar-refractivity contribution in [1.29, 1.82) is 0 Å². The Balaban J connectivity index is 3.50. The molecule has 0 fully saturated rings. The average molecular weight is 261 g/mol. The standard InChI is InChI=1S/C13H27NO4/c1-3-18-13(16)7-5-4-6-8-14(9-11-15)10-12-17-2/h15H,3-12H2,1-2H3. The summed E-state index contributed by atoms with van der Waals surface area (Å²) in [6, 6.07) is 0. The van der Waals surface area contributed by atoms with E-state index in [-0.39, 0.29) is 12.6 Å². The highest BCUT2D eigenvalue weighted by Gasteiger charge is 2.04. The van der Waals surface area contributed by atoms with E-state index < -0.39 is 0 Å². The molecule has 0 aromatic heterocycles. The van der Waals surface area contributed by atoms with E-state index >= 15 is 0 Å². The first-order valence-electron chi connectivity index (χ1n) is 6.72. The van der Waals surface area contributed by atoms with Crippen LogP contribution in [0.2, 0.25) is 0 Å². The van der Waals surface area contributed by atoms with Crippen molar-refractivity contribution in [1.82, 2.24) is 4.90 Å². The molecule has 0 saturated heterocycles. The lowest BCUT2D eigenvalue weighted by atomic mass is 10.2. The zero-order chi connectivity index (χ0) is 13.6. The molecule has 0 spiro atoms. The Morgan fingerprint density at radius 1 is 1.17 bits per heavy atom. The van der Waals surface area contributed by atoms with Crippen LogP contribution in [0, 0.1) is 0 Å². The molecule has 0 aliphatic carbocycles. The zero-order valence-corrected chi connectivity index (χ0v) is 11.7. The largest absolute Gasteiger partial charge is 0.466 e. The molecule has 0 unspecified atom stereocenters. The Morgan fingerprint density at radius 3 is 2.56 bits per heavy atom. The first-order valence-corrected chi connectivity index (χ1v) is 6.72. The molecule has 0 heterocycles. The van der Waals surface area contributed by atoms with Crippen LogP contribution >= 0.6 is 0 Å². The van der Waals surface area contributed by atoms with Gasteiger partial charge in [-0.2, -0.15) is 0 Å². The van der Waals surface area contributed by atoms with Gasteiger partial charge < -0.3 is 14.6 Å². The molecular weight excluding hydrogens is 234 g/mol. The van der Waals surface area contributed by atoms with Gasteiger partial charge in [0, 0.05) is 26.6 Å². The van der Waals surface area contributed by atoms with Gasteiger partial charge >= 0.3 is 5.97 Å². The van der Waals surface area contributed by atoms with Crippen LogP contribution in [0.25, 0.3) is 0 Å². The van der Waals surface area contributed by atoms with Crippen molar-refractivity contribution < 1.29 is 19.4 Å². The molecule has 0 aliphatic heterocycles. The van der Waals surface area contributed by atoms with Crippen molar-refractivity contribution in [3.05, 3.63) is 0 Å². The third kappa shape index (κ3) is 10.5. The predicted octanol–water partition coefficient (Wildman–Crippen LogP) is 1.05. The summed E-state index contributed by atoms with van der Waals surface area (Å²) in [5, 5.41) is 8.93. The van der Waals surface area contributed by atoms with E-state index in [4.69, 9.17) is 14.6 Å². The van der Waals surface area contributed by atoms with Gasteiger partial charge in [0.05, 0.1) is 19.8 Å². The normalized spacial score (nSPS) is 10.9. The highest BCUT2D eigenvalue weighted by molar-refractivity contribution is 5.69. The van der Waals surface area contributed by atoms with E-state index in [0.717, 1.165) is 32.4 Å². The summed E-state index contributed by atoms with van der Waals surface area (Å²) in [7, 11) is 1.68. The first kappa shape index (κ1) is 17.4. The van der Waals surface area contributed by atoms with Gasteiger partial charge in [-0.15, -0.1) is 0 Å². The Morgan fingerprint density at radius 2 is 1.94 bits per heavy atom. The maximum absolute atomic E-state index is 11.1. The number of methoxy groups -OCH3 is 1. The summed E-state index contributed by atoms with van der Waals surface area (Å²) in [6.45, 7) is 5.60. The number of aliphatic hydroxyl groups excluding tert-OH is 1. The lowest BCUT2D eigenvalue weighted by Gasteiger charge is -2.20. The fourth-order valence-electron chi connectivity index (χ4n) is 1.71. The minimum Gasteiger partial charge on any atom is -0.466 e. The van der Waals surface area contributed by atoms with Crippen LogP contribution in [0.1, 0.15) is 32.6 Å². The smallest absolute Gasteiger partial charge is 0.305 e. The second-order valence-corrected chi connectivity index (χ2v) is 4.17. The molecule has 0 aromatic carbocycles. The molecule has 0 radical (unpaired) electrons. The van der Waals surface area contributed by atoms with Crippen LogP contribution in [0.15, 0.2) is 0 Å². The fourth-order valence-corrected chi connectivity index (χ4v) is 1.71. The van der Waals surface area contributed by atoms with Crippen molar-refractivity contribution in [2.75, 3.05) is 46.6 Å². The van der Waals surface area contributed by atoms with Crippen molar-refractivity contribution in [2.24, 2.45) is 0 Å². The van der Waals surface area contributed by atoms with Gasteiger partial charge in [-0.05, 0) is 26.3 Å². The van der Waals surface area contributed by atoms with Crippen LogP contribution in [-0.2, 0) is 14.3 Å². The molecule has 0 aliphatic rings. The molecule has 0 saturated carbocycles. The van der Waals surface area contributed by atoms with Crippen molar-refractivity contribution in [3.63, 3.8) is 0 Å². The second-order valence-electron chi connectivity index (χ2n) is 4.17. The number of rotatable bonds is 12. The number of carbonyl (C=O) groups is 1. The zero-order valence-electron chi connectivity index (χ0n) is 11.7. The molecule has 0 rings (SSSR count). The number of esters is 1. The van der Waals surface area contributed by atoms with Crippen LogP contribution in [0.3, 0.4) is 0 Å². The Bertz CT molecular complexity index is 199. The Hall–Kier alpha value is -0.650. The van der Waals surface area contributed by atoms with Gasteiger partial charge in [-0.1, -0.05) is 6.42 Å². The molecule has 0 amide bonds. The molecule has 0 atom stereocenters. The molecule has 5 nitrogen and oxygen atoms in total. The first-order chi connectivity index (χ1) is 8.74. The summed E-state index contributed by atoms with van der Waals surface area (Å²) in [5.41, 5.74) is 0. The quantitative estimate of drug-likeness (QED) is 0.420. The maximum Gasteiger partial charge on any atom is 0.305 e. The molecule has 108 valence electrons. The van der Waals surface area contributed by atoms with Gasteiger partial charge in [-0.3, -0.25) is 9.69 Å². The highest BCUT2D eigenvalue weighted by atomic mass is 16.5. The maximum atomic E-state index is 11.1. The van der Waals surface area contributed by atoms with E-state index in [1.807, 2.05) is 6.92 Å². The van der Waals surface area contributed by atoms with Crippen molar-refractivity contribution in [2.45, 2.75) is 32.6 Å². The molecule has 0 bridgehead atoms.